The number of ether oxygens (including phenoxy) is 1. The van der Waals surface area contributed by atoms with Crippen molar-refractivity contribution in [3.8, 4) is 5.75 Å². The fraction of sp³-hybridized carbons (Fsp3) is 0.333. The molecule has 1 aliphatic heterocycles. The summed E-state index contributed by atoms with van der Waals surface area (Å²) in [5.74, 6) is -0.824. The van der Waals surface area contributed by atoms with Crippen LogP contribution in [0.15, 0.2) is 60.2 Å². The SMILES string of the molecule is CCOc1cccc(C(O)=C2C(=O)C(=O)N(CCCN(C)C)C2c2ccccc2)c1. The molecular weight excluding hydrogens is 380 g/mol. The van der Waals surface area contributed by atoms with Gasteiger partial charge in [0.1, 0.15) is 11.5 Å². The Morgan fingerprint density at radius 3 is 2.50 bits per heavy atom. The van der Waals surface area contributed by atoms with Crippen LogP contribution in [0.1, 0.15) is 30.5 Å². The van der Waals surface area contributed by atoms with Gasteiger partial charge in [-0.2, -0.15) is 0 Å². The van der Waals surface area contributed by atoms with Crippen molar-refractivity contribution in [2.24, 2.45) is 0 Å². The molecule has 0 aromatic heterocycles. The summed E-state index contributed by atoms with van der Waals surface area (Å²) in [6.07, 6.45) is 0.725. The average molecular weight is 408 g/mol. The topological polar surface area (TPSA) is 70.1 Å². The van der Waals surface area contributed by atoms with Crippen LogP contribution in [0.25, 0.3) is 5.76 Å². The molecule has 2 aromatic rings. The van der Waals surface area contributed by atoms with Gasteiger partial charge in [0, 0.05) is 12.1 Å². The summed E-state index contributed by atoms with van der Waals surface area (Å²) < 4.78 is 5.51. The summed E-state index contributed by atoms with van der Waals surface area (Å²) in [5.41, 5.74) is 1.36. The Balaban J connectivity index is 2.06. The van der Waals surface area contributed by atoms with Gasteiger partial charge in [-0.15, -0.1) is 0 Å². The monoisotopic (exact) mass is 408 g/mol. The Morgan fingerprint density at radius 2 is 1.83 bits per heavy atom. The molecule has 6 nitrogen and oxygen atoms in total. The van der Waals surface area contributed by atoms with Crippen LogP contribution in [-0.2, 0) is 9.59 Å². The molecule has 1 fully saturated rings. The lowest BCUT2D eigenvalue weighted by Gasteiger charge is -2.26. The first-order chi connectivity index (χ1) is 14.4. The summed E-state index contributed by atoms with van der Waals surface area (Å²) >= 11 is 0. The molecule has 6 heteroatoms. The van der Waals surface area contributed by atoms with Crippen LogP contribution in [0.4, 0.5) is 0 Å². The second kappa shape index (κ2) is 9.59. The number of benzene rings is 2. The zero-order valence-corrected chi connectivity index (χ0v) is 17.7. The Hall–Kier alpha value is -3.12. The maximum atomic E-state index is 13.0. The normalized spacial score (nSPS) is 18.3. The number of carbonyl (C=O) groups is 2. The number of carbonyl (C=O) groups excluding carboxylic acids is 2. The molecule has 1 N–H and O–H groups in total. The van der Waals surface area contributed by atoms with Crippen molar-refractivity contribution >= 4 is 17.4 Å². The average Bonchev–Trinajstić information content (AvgIpc) is 2.99. The predicted molar refractivity (Wildman–Crippen MR) is 116 cm³/mol. The Bertz CT molecular complexity index is 937. The molecule has 30 heavy (non-hydrogen) atoms. The molecule has 1 aliphatic rings. The van der Waals surface area contributed by atoms with E-state index >= 15 is 0 Å². The summed E-state index contributed by atoms with van der Waals surface area (Å²) in [7, 11) is 3.93. The second-order valence-corrected chi connectivity index (χ2v) is 7.52. The minimum Gasteiger partial charge on any atom is -0.507 e. The number of amides is 1. The summed E-state index contributed by atoms with van der Waals surface area (Å²) in [4.78, 5) is 29.4. The van der Waals surface area contributed by atoms with Gasteiger partial charge >= 0.3 is 0 Å². The van der Waals surface area contributed by atoms with E-state index in [1.807, 2.05) is 56.3 Å². The van der Waals surface area contributed by atoms with Crippen LogP contribution in [0.2, 0.25) is 0 Å². The number of hydrogen-bond donors (Lipinski definition) is 1. The second-order valence-electron chi connectivity index (χ2n) is 7.52. The first-order valence-corrected chi connectivity index (χ1v) is 10.1. The molecule has 0 radical (unpaired) electrons. The molecule has 0 spiro atoms. The molecule has 1 saturated heterocycles. The third kappa shape index (κ3) is 4.54. The predicted octanol–water partition coefficient (Wildman–Crippen LogP) is 3.46. The van der Waals surface area contributed by atoms with Crippen molar-refractivity contribution in [2.75, 3.05) is 33.8 Å². The van der Waals surface area contributed by atoms with Crippen LogP contribution in [0.3, 0.4) is 0 Å². The van der Waals surface area contributed by atoms with Crippen LogP contribution in [0.5, 0.6) is 5.75 Å². The molecule has 1 heterocycles. The lowest BCUT2D eigenvalue weighted by atomic mass is 9.95. The molecular formula is C24H28N2O4. The summed E-state index contributed by atoms with van der Waals surface area (Å²) in [5, 5.41) is 11.1. The van der Waals surface area contributed by atoms with Gasteiger partial charge in [0.05, 0.1) is 18.2 Å². The van der Waals surface area contributed by atoms with Crippen LogP contribution in [0, 0.1) is 0 Å². The molecule has 158 valence electrons. The number of Topliss-reactive ketones (excluding diaryl/α,β-unsaturated/α-hetero) is 1. The highest BCUT2D eigenvalue weighted by atomic mass is 16.5. The molecule has 0 saturated carbocycles. The van der Waals surface area contributed by atoms with E-state index in [1.165, 1.54) is 0 Å². The van der Waals surface area contributed by atoms with Crippen molar-refractivity contribution in [3.63, 3.8) is 0 Å². The van der Waals surface area contributed by atoms with Crippen molar-refractivity contribution in [1.29, 1.82) is 0 Å². The van der Waals surface area contributed by atoms with Gasteiger partial charge in [0.15, 0.2) is 0 Å². The van der Waals surface area contributed by atoms with Crippen molar-refractivity contribution in [3.05, 3.63) is 71.3 Å². The first-order valence-electron chi connectivity index (χ1n) is 10.1. The fourth-order valence-corrected chi connectivity index (χ4v) is 3.71. The highest BCUT2D eigenvalue weighted by Gasteiger charge is 2.45. The quantitative estimate of drug-likeness (QED) is 0.412. The minimum atomic E-state index is -0.659. The first kappa shape index (κ1) is 21.6. The molecule has 1 atom stereocenters. The van der Waals surface area contributed by atoms with E-state index in [2.05, 4.69) is 0 Å². The molecule has 0 bridgehead atoms. The zero-order chi connectivity index (χ0) is 21.7. The molecule has 1 unspecified atom stereocenters. The summed E-state index contributed by atoms with van der Waals surface area (Å²) in [6.45, 7) is 3.59. The Morgan fingerprint density at radius 1 is 1.10 bits per heavy atom. The van der Waals surface area contributed by atoms with E-state index in [0.29, 0.717) is 24.5 Å². The maximum Gasteiger partial charge on any atom is 0.295 e. The molecule has 3 rings (SSSR count). The third-order valence-electron chi connectivity index (χ3n) is 5.08. The molecule has 0 aliphatic carbocycles. The van der Waals surface area contributed by atoms with Crippen molar-refractivity contribution < 1.29 is 19.4 Å². The third-order valence-corrected chi connectivity index (χ3v) is 5.08. The van der Waals surface area contributed by atoms with Crippen LogP contribution >= 0.6 is 0 Å². The van der Waals surface area contributed by atoms with E-state index < -0.39 is 17.7 Å². The van der Waals surface area contributed by atoms with Crippen molar-refractivity contribution in [2.45, 2.75) is 19.4 Å². The smallest absolute Gasteiger partial charge is 0.295 e. The van der Waals surface area contributed by atoms with E-state index in [1.54, 1.807) is 29.2 Å². The highest BCUT2D eigenvalue weighted by Crippen LogP contribution is 2.39. The standard InChI is InChI=1S/C24H28N2O4/c1-4-30-19-13-8-12-18(16-19)22(27)20-21(17-10-6-5-7-11-17)26(24(29)23(20)28)15-9-14-25(2)3/h5-8,10-13,16,21,27H,4,9,14-15H2,1-3H3. The van der Waals surface area contributed by atoms with Gasteiger partial charge in [0.25, 0.3) is 11.7 Å². The van der Waals surface area contributed by atoms with Crippen LogP contribution in [-0.4, -0.2) is 60.4 Å². The molecule has 1 amide bonds. The van der Waals surface area contributed by atoms with Gasteiger partial charge in [-0.05, 0) is 51.7 Å². The maximum absolute atomic E-state index is 13.0. The number of likely N-dealkylation sites (tertiary alicyclic amines) is 1. The lowest BCUT2D eigenvalue weighted by Crippen LogP contribution is -2.32. The fourth-order valence-electron chi connectivity index (χ4n) is 3.71. The number of rotatable bonds is 8. The largest absolute Gasteiger partial charge is 0.507 e. The van der Waals surface area contributed by atoms with Gasteiger partial charge < -0.3 is 19.6 Å². The van der Waals surface area contributed by atoms with E-state index in [-0.39, 0.29) is 11.3 Å². The lowest BCUT2D eigenvalue weighted by molar-refractivity contribution is -0.139. The number of hydrogen-bond acceptors (Lipinski definition) is 5. The zero-order valence-electron chi connectivity index (χ0n) is 17.7. The van der Waals surface area contributed by atoms with Gasteiger partial charge in [-0.25, -0.2) is 0 Å². The number of nitrogens with zero attached hydrogens (tertiary/aromatic N) is 2. The van der Waals surface area contributed by atoms with Gasteiger partial charge in [0.2, 0.25) is 0 Å². The van der Waals surface area contributed by atoms with Gasteiger partial charge in [-0.3, -0.25) is 9.59 Å². The minimum absolute atomic E-state index is 0.115. The number of aliphatic hydroxyl groups excluding tert-OH is 1. The number of ketones is 1. The van der Waals surface area contributed by atoms with Crippen molar-refractivity contribution in [1.82, 2.24) is 9.80 Å². The molecule has 2 aromatic carbocycles. The Labute approximate surface area is 177 Å². The summed E-state index contributed by atoms with van der Waals surface area (Å²) in [6, 6.07) is 15.7. The Kier molecular flexibility index (Phi) is 6.90. The highest BCUT2D eigenvalue weighted by molar-refractivity contribution is 6.46. The van der Waals surface area contributed by atoms with E-state index in [9.17, 15) is 14.7 Å². The van der Waals surface area contributed by atoms with Gasteiger partial charge in [-0.1, -0.05) is 42.5 Å². The van der Waals surface area contributed by atoms with E-state index in [4.69, 9.17) is 4.74 Å². The van der Waals surface area contributed by atoms with Crippen LogP contribution < -0.4 is 4.74 Å². The number of aliphatic hydroxyl groups is 1. The van der Waals surface area contributed by atoms with E-state index in [0.717, 1.165) is 18.5 Å².